The van der Waals surface area contributed by atoms with Crippen molar-refractivity contribution in [2.75, 3.05) is 18.8 Å². The van der Waals surface area contributed by atoms with Crippen molar-refractivity contribution in [3.8, 4) is 0 Å². The number of hydrogen-bond donors (Lipinski definition) is 9. The van der Waals surface area contributed by atoms with Gasteiger partial charge in [0, 0.05) is 53.9 Å². The Balaban J connectivity index is 1.49. The largest absolute Gasteiger partial charge is 0.370 e. The summed E-state index contributed by atoms with van der Waals surface area (Å²) in [4.78, 5) is 74.9. The maximum absolute atomic E-state index is 14.2. The monoisotopic (exact) mass is 822 g/mol. The molecular formula is C40H58N10O5S2. The number of hydrogen-bond acceptors (Lipinski definition) is 9. The van der Waals surface area contributed by atoms with Gasteiger partial charge in [-0.3, -0.25) is 29.0 Å². The van der Waals surface area contributed by atoms with E-state index in [0.29, 0.717) is 43.9 Å². The van der Waals surface area contributed by atoms with Gasteiger partial charge in [-0.1, -0.05) is 76.5 Å². The highest BCUT2D eigenvalue weighted by atomic mass is 33.1. The number of fused-ring (bicyclic) bond motifs is 1. The Morgan fingerprint density at radius 1 is 0.754 bits per heavy atom. The number of aromatic nitrogens is 1. The topological polar surface area (TPSA) is 266 Å². The molecule has 17 heteroatoms. The summed E-state index contributed by atoms with van der Waals surface area (Å²) in [6, 6.07) is 12.5. The summed E-state index contributed by atoms with van der Waals surface area (Å²) in [6.07, 6.45) is 8.17. The fraction of sp³-hybridized carbons (Fsp3) is 0.500. The van der Waals surface area contributed by atoms with E-state index < -0.39 is 47.8 Å². The van der Waals surface area contributed by atoms with Crippen molar-refractivity contribution in [3.63, 3.8) is 0 Å². The first-order chi connectivity index (χ1) is 27.5. The van der Waals surface area contributed by atoms with Crippen LogP contribution in [0.5, 0.6) is 0 Å². The molecular weight excluding hydrogens is 765 g/mol. The van der Waals surface area contributed by atoms with Gasteiger partial charge in [-0.25, -0.2) is 0 Å². The molecule has 0 aliphatic carbocycles. The van der Waals surface area contributed by atoms with E-state index in [1.54, 1.807) is 6.20 Å². The normalized spacial score (nSPS) is 15.8. The lowest BCUT2D eigenvalue weighted by molar-refractivity contribution is -0.134. The van der Waals surface area contributed by atoms with Crippen LogP contribution >= 0.6 is 21.6 Å². The number of aliphatic imine (C=N–C) groups is 1. The molecule has 13 N–H and O–H groups in total. The first-order valence-corrected chi connectivity index (χ1v) is 22.0. The van der Waals surface area contributed by atoms with Crippen LogP contribution in [-0.2, 0) is 36.8 Å². The number of primary amides is 1. The molecule has 1 aromatic heterocycles. The van der Waals surface area contributed by atoms with Crippen LogP contribution < -0.4 is 44.2 Å². The number of unbranched alkanes of at least 4 members (excludes halogenated alkanes) is 2. The number of nitrogens with zero attached hydrogens (tertiary/aromatic N) is 1. The molecule has 0 bridgehead atoms. The number of aromatic amines is 1. The first-order valence-electron chi connectivity index (χ1n) is 19.7. The SMILES string of the molecule is NCCCC[C@H](NC(=O)CCCCC1CCSS1)C(=O)N[C@H](Cc1ccccc1)C(=O)N[C@@H](CCCN=C(N)N)C(=O)N[C@@H](Cc1c[nH]c2ccccc12)C(N)=O. The van der Waals surface area contributed by atoms with E-state index in [9.17, 15) is 24.0 Å². The van der Waals surface area contributed by atoms with Crippen molar-refractivity contribution < 1.29 is 24.0 Å². The van der Waals surface area contributed by atoms with E-state index in [2.05, 4.69) is 31.2 Å². The zero-order valence-electron chi connectivity index (χ0n) is 32.4. The predicted octanol–water partition coefficient (Wildman–Crippen LogP) is 2.27. The molecule has 1 fully saturated rings. The van der Waals surface area contributed by atoms with E-state index in [-0.39, 0.29) is 37.7 Å². The third-order valence-electron chi connectivity index (χ3n) is 9.76. The minimum Gasteiger partial charge on any atom is -0.370 e. The summed E-state index contributed by atoms with van der Waals surface area (Å²) >= 11 is 0. The molecule has 15 nitrogen and oxygen atoms in total. The number of rotatable bonds is 25. The van der Waals surface area contributed by atoms with Gasteiger partial charge in [-0.15, -0.1) is 0 Å². The van der Waals surface area contributed by atoms with Crippen LogP contribution in [0.25, 0.3) is 10.9 Å². The van der Waals surface area contributed by atoms with Gasteiger partial charge in [0.05, 0.1) is 0 Å². The number of nitrogens with one attached hydrogen (secondary N) is 5. The van der Waals surface area contributed by atoms with Gasteiger partial charge in [0.15, 0.2) is 5.96 Å². The van der Waals surface area contributed by atoms with Crippen LogP contribution in [0.4, 0.5) is 0 Å². The molecule has 1 saturated heterocycles. The quantitative estimate of drug-likeness (QED) is 0.0261. The lowest BCUT2D eigenvalue weighted by Crippen LogP contribution is -2.58. The van der Waals surface area contributed by atoms with Crippen LogP contribution in [0, 0.1) is 0 Å². The van der Waals surface area contributed by atoms with Crippen LogP contribution in [0.15, 0.2) is 65.8 Å². The molecule has 0 radical (unpaired) electrons. The molecule has 5 atom stereocenters. The van der Waals surface area contributed by atoms with E-state index in [1.165, 1.54) is 6.42 Å². The van der Waals surface area contributed by atoms with Crippen molar-refractivity contribution in [1.29, 1.82) is 0 Å². The van der Waals surface area contributed by atoms with Crippen LogP contribution in [0.3, 0.4) is 0 Å². The van der Waals surface area contributed by atoms with Crippen LogP contribution in [0.2, 0.25) is 0 Å². The standard InChI is InChI=1S/C40H58N10O5S2/c41-20-9-8-16-31(47-35(51)18-7-4-13-28-19-22-56-57-28)37(53)50-34(23-26-11-2-1-3-12-26)39(55)48-32(17-10-21-45-40(43)44)38(54)49-33(36(42)52)24-27-25-46-30-15-6-5-14-29(27)30/h1-3,5-6,11-12,14-15,25,28,31-34,46H,4,7-10,13,16-24,41H2,(H2,42,52)(H,47,51)(H,48,55)(H,49,54)(H,50,53)(H4,43,44,45)/t28?,31-,32-,33-,34+/m0/s1. The van der Waals surface area contributed by atoms with E-state index in [4.69, 9.17) is 22.9 Å². The van der Waals surface area contributed by atoms with Crippen molar-refractivity contribution >= 4 is 68.0 Å². The van der Waals surface area contributed by atoms with Crippen molar-refractivity contribution in [1.82, 2.24) is 26.3 Å². The number of para-hydroxylation sites is 1. The summed E-state index contributed by atoms with van der Waals surface area (Å²) in [6.45, 7) is 0.618. The summed E-state index contributed by atoms with van der Waals surface area (Å²) in [7, 11) is 3.81. The van der Waals surface area contributed by atoms with Crippen LogP contribution in [-0.4, -0.2) is 88.7 Å². The lowest BCUT2D eigenvalue weighted by atomic mass is 10.0. The number of nitrogens with two attached hydrogens (primary N) is 4. The van der Waals surface area contributed by atoms with Crippen molar-refractivity contribution in [2.45, 2.75) is 106 Å². The average Bonchev–Trinajstić information content (AvgIpc) is 3.87. The molecule has 1 aliphatic rings. The number of carbonyl (C=O) groups excluding carboxylic acids is 5. The molecule has 5 amide bonds. The molecule has 2 aromatic carbocycles. The van der Waals surface area contributed by atoms with Crippen LogP contribution in [0.1, 0.15) is 75.3 Å². The Morgan fingerprint density at radius 2 is 1.42 bits per heavy atom. The summed E-state index contributed by atoms with van der Waals surface area (Å²) in [5.74, 6) is -1.72. The zero-order valence-corrected chi connectivity index (χ0v) is 34.0. The molecule has 3 aromatic rings. The molecule has 1 unspecified atom stereocenters. The maximum Gasteiger partial charge on any atom is 0.243 e. The smallest absolute Gasteiger partial charge is 0.243 e. The Labute approximate surface area is 342 Å². The fourth-order valence-corrected chi connectivity index (χ4v) is 9.67. The van der Waals surface area contributed by atoms with Crippen molar-refractivity contribution in [3.05, 3.63) is 71.9 Å². The lowest BCUT2D eigenvalue weighted by Gasteiger charge is -2.26. The second kappa shape index (κ2) is 24.1. The third kappa shape index (κ3) is 15.6. The minimum atomic E-state index is -1.15. The van der Waals surface area contributed by atoms with Gasteiger partial charge < -0.3 is 49.2 Å². The molecule has 0 spiro atoms. The maximum atomic E-state index is 14.2. The predicted molar refractivity (Wildman–Crippen MR) is 229 cm³/mol. The van der Waals surface area contributed by atoms with Crippen molar-refractivity contribution in [2.24, 2.45) is 27.9 Å². The number of H-pyrrole nitrogens is 1. The molecule has 310 valence electrons. The molecule has 0 saturated carbocycles. The third-order valence-corrected chi connectivity index (χ3v) is 12.8. The number of guanidine groups is 1. The Bertz CT molecular complexity index is 1780. The second-order valence-corrected chi connectivity index (χ2v) is 17.1. The molecule has 2 heterocycles. The highest BCUT2D eigenvalue weighted by Crippen LogP contribution is 2.39. The second-order valence-electron chi connectivity index (χ2n) is 14.3. The van der Waals surface area contributed by atoms with E-state index in [0.717, 1.165) is 47.0 Å². The van der Waals surface area contributed by atoms with Gasteiger partial charge in [0.2, 0.25) is 29.5 Å². The van der Waals surface area contributed by atoms with Gasteiger partial charge in [-0.2, -0.15) is 0 Å². The highest BCUT2D eigenvalue weighted by molar-refractivity contribution is 8.77. The zero-order chi connectivity index (χ0) is 41.0. The van der Waals surface area contributed by atoms with E-state index >= 15 is 0 Å². The summed E-state index contributed by atoms with van der Waals surface area (Å²) in [5.41, 5.74) is 24.9. The number of carbonyl (C=O) groups is 5. The van der Waals surface area contributed by atoms with Gasteiger partial charge in [-0.05, 0) is 75.1 Å². The van der Waals surface area contributed by atoms with E-state index in [1.807, 2.05) is 76.2 Å². The summed E-state index contributed by atoms with van der Waals surface area (Å²) in [5, 5.41) is 12.8. The Morgan fingerprint density at radius 3 is 2.12 bits per heavy atom. The molecule has 1 aliphatic heterocycles. The minimum absolute atomic E-state index is 0.103. The fourth-order valence-electron chi connectivity index (χ4n) is 6.64. The van der Waals surface area contributed by atoms with Gasteiger partial charge in [0.1, 0.15) is 24.2 Å². The number of amides is 5. The summed E-state index contributed by atoms with van der Waals surface area (Å²) < 4.78 is 0. The molecule has 4 rings (SSSR count). The number of benzene rings is 2. The first kappa shape index (κ1) is 45.0. The van der Waals surface area contributed by atoms with Gasteiger partial charge in [0.25, 0.3) is 0 Å². The Kier molecular flexibility index (Phi) is 19.0. The van der Waals surface area contributed by atoms with Gasteiger partial charge >= 0.3 is 0 Å². The average molecular weight is 823 g/mol. The Hall–Kier alpha value is -4.74. The molecule has 57 heavy (non-hydrogen) atoms. The highest BCUT2D eigenvalue weighted by Gasteiger charge is 2.31.